The van der Waals surface area contributed by atoms with E-state index in [9.17, 15) is 4.79 Å². The number of anilines is 1. The van der Waals surface area contributed by atoms with E-state index in [0.717, 1.165) is 25.2 Å². The number of rotatable bonds is 5. The number of benzene rings is 1. The van der Waals surface area contributed by atoms with Crippen molar-refractivity contribution in [1.82, 2.24) is 5.32 Å². The van der Waals surface area contributed by atoms with Crippen LogP contribution in [-0.4, -0.2) is 25.3 Å². The normalized spacial score (nSPS) is 19.1. The van der Waals surface area contributed by atoms with E-state index >= 15 is 0 Å². The van der Waals surface area contributed by atoms with Gasteiger partial charge in [0.2, 0.25) is 5.91 Å². The number of piperidine rings is 1. The largest absolute Gasteiger partial charge is 0.326 e. The highest BCUT2D eigenvalue weighted by Gasteiger charge is 2.14. The van der Waals surface area contributed by atoms with Gasteiger partial charge >= 0.3 is 0 Å². The smallest absolute Gasteiger partial charge is 0.224 e. The van der Waals surface area contributed by atoms with Crippen LogP contribution in [0.15, 0.2) is 29.2 Å². The highest BCUT2D eigenvalue weighted by molar-refractivity contribution is 7.98. The van der Waals surface area contributed by atoms with Gasteiger partial charge in [-0.05, 0) is 62.7 Å². The fraction of sp³-hybridized carbons (Fsp3) is 0.533. The number of hydrogen-bond donors (Lipinski definition) is 2. The van der Waals surface area contributed by atoms with Gasteiger partial charge < -0.3 is 10.6 Å². The Bertz CT molecular complexity index is 416. The first kappa shape index (κ1) is 14.4. The molecule has 104 valence electrons. The molecule has 0 aliphatic carbocycles. The van der Waals surface area contributed by atoms with Crippen molar-refractivity contribution in [2.75, 3.05) is 24.7 Å². The summed E-state index contributed by atoms with van der Waals surface area (Å²) in [5.41, 5.74) is 0.901. The molecule has 2 rings (SSSR count). The standard InChI is InChI=1S/C15H22N2OS/c1-19-14-6-2-5-13(10-14)17-15(18)8-7-12-4-3-9-16-11-12/h2,5-6,10,12,16H,3-4,7-9,11H2,1H3,(H,17,18). The molecule has 1 aliphatic rings. The van der Waals surface area contributed by atoms with Gasteiger partial charge in [0.15, 0.2) is 0 Å². The van der Waals surface area contributed by atoms with Crippen LogP contribution >= 0.6 is 11.8 Å². The highest BCUT2D eigenvalue weighted by Crippen LogP contribution is 2.20. The minimum atomic E-state index is 0.129. The molecule has 1 amide bonds. The van der Waals surface area contributed by atoms with E-state index < -0.39 is 0 Å². The molecule has 1 aliphatic heterocycles. The summed E-state index contributed by atoms with van der Waals surface area (Å²) in [5.74, 6) is 0.792. The second-order valence-corrected chi connectivity index (χ2v) is 5.91. The van der Waals surface area contributed by atoms with E-state index in [0.29, 0.717) is 12.3 Å². The molecule has 4 heteroatoms. The molecule has 0 spiro atoms. The topological polar surface area (TPSA) is 41.1 Å². The molecule has 0 aromatic heterocycles. The fourth-order valence-electron chi connectivity index (χ4n) is 2.43. The predicted molar refractivity (Wildman–Crippen MR) is 81.7 cm³/mol. The van der Waals surface area contributed by atoms with Gasteiger partial charge in [0.05, 0.1) is 0 Å². The summed E-state index contributed by atoms with van der Waals surface area (Å²) < 4.78 is 0. The minimum absolute atomic E-state index is 0.129. The lowest BCUT2D eigenvalue weighted by Gasteiger charge is -2.22. The van der Waals surface area contributed by atoms with Gasteiger partial charge in [-0.2, -0.15) is 0 Å². The molecule has 0 bridgehead atoms. The van der Waals surface area contributed by atoms with Gasteiger partial charge in [-0.25, -0.2) is 0 Å². The van der Waals surface area contributed by atoms with Gasteiger partial charge in [0, 0.05) is 17.0 Å². The van der Waals surface area contributed by atoms with Crippen LogP contribution in [-0.2, 0) is 4.79 Å². The Morgan fingerprint density at radius 1 is 1.53 bits per heavy atom. The third-order valence-corrected chi connectivity index (χ3v) is 4.26. The number of amides is 1. The molecular formula is C15H22N2OS. The number of thioether (sulfide) groups is 1. The summed E-state index contributed by atoms with van der Waals surface area (Å²) in [6.45, 7) is 2.19. The summed E-state index contributed by atoms with van der Waals surface area (Å²) >= 11 is 1.69. The second-order valence-electron chi connectivity index (χ2n) is 5.03. The molecule has 1 atom stereocenters. The summed E-state index contributed by atoms with van der Waals surface area (Å²) in [5, 5.41) is 6.37. The number of carbonyl (C=O) groups excluding carboxylic acids is 1. The second kappa shape index (κ2) is 7.56. The van der Waals surface area contributed by atoms with Crippen molar-refractivity contribution in [3.8, 4) is 0 Å². The quantitative estimate of drug-likeness (QED) is 0.813. The predicted octanol–water partition coefficient (Wildman–Crippen LogP) is 3.13. The first-order chi connectivity index (χ1) is 9.28. The van der Waals surface area contributed by atoms with Gasteiger partial charge in [0.1, 0.15) is 0 Å². The van der Waals surface area contributed by atoms with Crippen molar-refractivity contribution < 1.29 is 4.79 Å². The summed E-state index contributed by atoms with van der Waals surface area (Å²) in [7, 11) is 0. The maximum atomic E-state index is 11.9. The van der Waals surface area contributed by atoms with Crippen LogP contribution in [0.3, 0.4) is 0 Å². The lowest BCUT2D eigenvalue weighted by molar-refractivity contribution is -0.116. The van der Waals surface area contributed by atoms with Crippen molar-refractivity contribution in [2.45, 2.75) is 30.6 Å². The average molecular weight is 278 g/mol. The first-order valence-electron chi connectivity index (χ1n) is 6.92. The first-order valence-corrected chi connectivity index (χ1v) is 8.15. The van der Waals surface area contributed by atoms with Crippen LogP contribution in [0.2, 0.25) is 0 Å². The molecule has 1 aromatic carbocycles. The molecule has 1 heterocycles. The van der Waals surface area contributed by atoms with Gasteiger partial charge in [-0.15, -0.1) is 11.8 Å². The van der Waals surface area contributed by atoms with Crippen LogP contribution in [0.4, 0.5) is 5.69 Å². The molecule has 1 unspecified atom stereocenters. The van der Waals surface area contributed by atoms with Crippen LogP contribution < -0.4 is 10.6 Å². The molecule has 1 aromatic rings. The Morgan fingerprint density at radius 2 is 2.42 bits per heavy atom. The Morgan fingerprint density at radius 3 is 3.16 bits per heavy atom. The van der Waals surface area contributed by atoms with Crippen molar-refractivity contribution in [1.29, 1.82) is 0 Å². The SMILES string of the molecule is CSc1cccc(NC(=O)CCC2CCCNC2)c1. The molecule has 0 radical (unpaired) electrons. The summed E-state index contributed by atoms with van der Waals surface area (Å²) in [4.78, 5) is 13.1. The number of hydrogen-bond acceptors (Lipinski definition) is 3. The molecular weight excluding hydrogens is 256 g/mol. The molecule has 1 saturated heterocycles. The molecule has 0 saturated carbocycles. The van der Waals surface area contributed by atoms with E-state index in [4.69, 9.17) is 0 Å². The van der Waals surface area contributed by atoms with Crippen LogP contribution in [0.1, 0.15) is 25.7 Å². The molecule has 19 heavy (non-hydrogen) atoms. The third kappa shape index (κ3) is 4.88. The van der Waals surface area contributed by atoms with Crippen molar-refractivity contribution in [2.24, 2.45) is 5.92 Å². The van der Waals surface area contributed by atoms with E-state index in [1.807, 2.05) is 30.5 Å². The zero-order valence-corrected chi connectivity index (χ0v) is 12.3. The summed E-state index contributed by atoms with van der Waals surface area (Å²) in [6, 6.07) is 7.99. The maximum Gasteiger partial charge on any atom is 0.224 e. The van der Waals surface area contributed by atoms with E-state index in [1.165, 1.54) is 17.7 Å². The summed E-state index contributed by atoms with van der Waals surface area (Å²) in [6.07, 6.45) is 6.14. The molecule has 1 fully saturated rings. The third-order valence-electron chi connectivity index (χ3n) is 3.53. The minimum Gasteiger partial charge on any atom is -0.326 e. The van der Waals surface area contributed by atoms with Crippen LogP contribution in [0.25, 0.3) is 0 Å². The Balaban J connectivity index is 1.76. The van der Waals surface area contributed by atoms with Crippen molar-refractivity contribution >= 4 is 23.4 Å². The van der Waals surface area contributed by atoms with E-state index in [2.05, 4.69) is 10.6 Å². The monoisotopic (exact) mass is 278 g/mol. The maximum absolute atomic E-state index is 11.9. The van der Waals surface area contributed by atoms with Crippen LogP contribution in [0, 0.1) is 5.92 Å². The van der Waals surface area contributed by atoms with E-state index in [-0.39, 0.29) is 5.91 Å². The lowest BCUT2D eigenvalue weighted by Crippen LogP contribution is -2.30. The average Bonchev–Trinajstić information content (AvgIpc) is 2.46. The molecule has 2 N–H and O–H groups in total. The Hall–Kier alpha value is -1.00. The van der Waals surface area contributed by atoms with Crippen molar-refractivity contribution in [3.05, 3.63) is 24.3 Å². The zero-order chi connectivity index (χ0) is 13.5. The highest BCUT2D eigenvalue weighted by atomic mass is 32.2. The Labute approximate surface area is 119 Å². The Kier molecular flexibility index (Phi) is 5.73. The zero-order valence-electron chi connectivity index (χ0n) is 11.4. The number of nitrogens with one attached hydrogen (secondary N) is 2. The number of carbonyl (C=O) groups is 1. The van der Waals surface area contributed by atoms with Crippen molar-refractivity contribution in [3.63, 3.8) is 0 Å². The van der Waals surface area contributed by atoms with E-state index in [1.54, 1.807) is 11.8 Å². The lowest BCUT2D eigenvalue weighted by atomic mass is 9.94. The fourth-order valence-corrected chi connectivity index (χ4v) is 2.89. The van der Waals surface area contributed by atoms with Gasteiger partial charge in [-0.3, -0.25) is 4.79 Å². The van der Waals surface area contributed by atoms with Gasteiger partial charge in [-0.1, -0.05) is 6.07 Å². The van der Waals surface area contributed by atoms with Gasteiger partial charge in [0.25, 0.3) is 0 Å². The van der Waals surface area contributed by atoms with Crippen LogP contribution in [0.5, 0.6) is 0 Å². The molecule has 3 nitrogen and oxygen atoms in total.